The molecule has 0 saturated carbocycles. The molecule has 0 aliphatic carbocycles. The second-order valence-corrected chi connectivity index (χ2v) is 18.5. The van der Waals surface area contributed by atoms with E-state index in [4.69, 9.17) is 15.9 Å². The number of nitrogens with two attached hydrogens (primary N) is 1. The molecule has 32 heteroatoms. The third-order valence-corrected chi connectivity index (χ3v) is 12.4. The van der Waals surface area contributed by atoms with E-state index in [0.717, 1.165) is 0 Å². The number of ketones is 2. The minimum atomic E-state index is -2.07. The molecular formula is C45H77N7O24S. The molecule has 6 amide bonds. The summed E-state index contributed by atoms with van der Waals surface area (Å²) in [6.07, 6.45) is -22.1. The number of hydrogen-bond acceptors (Lipinski definition) is 23. The van der Waals surface area contributed by atoms with E-state index in [9.17, 15) is 109 Å². The maximum Gasteiger partial charge on any atom is 0.327 e. The smallest absolute Gasteiger partial charge is 0.327 e. The molecule has 0 saturated heterocycles. The van der Waals surface area contributed by atoms with Gasteiger partial charge in [-0.05, 0) is 45.4 Å². The maximum absolute atomic E-state index is 14.1. The van der Waals surface area contributed by atoms with E-state index in [1.54, 1.807) is 6.92 Å². The number of aliphatic hydroxyl groups excluding tert-OH is 10. The number of aliphatic carboxylic acids is 3. The topological polar surface area (TPSA) is 549 Å². The summed E-state index contributed by atoms with van der Waals surface area (Å²) in [5, 5.41) is 139. The van der Waals surface area contributed by atoms with Crippen LogP contribution in [-0.4, -0.2) is 242 Å². The van der Waals surface area contributed by atoms with Crippen molar-refractivity contribution in [2.75, 3.05) is 32.1 Å². The van der Waals surface area contributed by atoms with Gasteiger partial charge in [-0.1, -0.05) is 6.92 Å². The molecule has 0 bridgehead atoms. The number of rotatable bonds is 42. The average molecular weight is 1130 g/mol. The van der Waals surface area contributed by atoms with Gasteiger partial charge in [0.25, 0.3) is 0 Å². The molecule has 0 radical (unpaired) electrons. The fraction of sp³-hybridized carbons (Fsp3) is 0.756. The van der Waals surface area contributed by atoms with Crippen molar-refractivity contribution in [3.63, 3.8) is 0 Å². The largest absolute Gasteiger partial charge is 0.481 e. The van der Waals surface area contributed by atoms with E-state index < -0.39 is 246 Å². The molecule has 0 aliphatic rings. The first-order valence-electron chi connectivity index (χ1n) is 24.5. The fourth-order valence-electron chi connectivity index (χ4n) is 7.04. The number of amides is 6. The molecule has 0 aromatic carbocycles. The number of thiol groups is 1. The van der Waals surface area contributed by atoms with Crippen LogP contribution in [0.15, 0.2) is 0 Å². The van der Waals surface area contributed by atoms with Crippen LogP contribution in [0.2, 0.25) is 0 Å². The quantitative estimate of drug-likeness (QED) is 0.0252. The Kier molecular flexibility index (Phi) is 34.6. The van der Waals surface area contributed by atoms with Gasteiger partial charge in [-0.2, -0.15) is 12.6 Å². The predicted octanol–water partition coefficient (Wildman–Crippen LogP) is -8.37. The summed E-state index contributed by atoms with van der Waals surface area (Å²) in [7, 11) is 0. The van der Waals surface area contributed by atoms with Gasteiger partial charge in [0, 0.05) is 69.2 Å². The van der Waals surface area contributed by atoms with Crippen molar-refractivity contribution in [2.24, 2.45) is 17.6 Å². The fourth-order valence-corrected chi connectivity index (χ4v) is 7.28. The lowest BCUT2D eigenvalue weighted by atomic mass is 9.90. The number of Topliss-reactive ketones (excluding diaryl/α,β-unsaturated/α-hetero) is 2. The average Bonchev–Trinajstić information content (AvgIpc) is 3.39. The lowest BCUT2D eigenvalue weighted by Crippen LogP contribution is -2.53. The highest BCUT2D eigenvalue weighted by molar-refractivity contribution is 7.80. The Labute approximate surface area is 447 Å². The predicted molar refractivity (Wildman–Crippen MR) is 264 cm³/mol. The van der Waals surface area contributed by atoms with Crippen molar-refractivity contribution in [1.29, 1.82) is 0 Å². The molecule has 0 aromatic heterocycles. The third-order valence-electron chi connectivity index (χ3n) is 12.1. The van der Waals surface area contributed by atoms with E-state index in [1.165, 1.54) is 6.92 Å². The van der Waals surface area contributed by atoms with Crippen molar-refractivity contribution in [3.05, 3.63) is 0 Å². The summed E-state index contributed by atoms with van der Waals surface area (Å²) in [4.78, 5) is 141. The Morgan fingerprint density at radius 1 is 0.481 bits per heavy atom. The normalized spacial score (nSPS) is 17.3. The van der Waals surface area contributed by atoms with E-state index in [-0.39, 0.29) is 18.6 Å². The van der Waals surface area contributed by atoms with Crippen LogP contribution >= 0.6 is 12.6 Å². The van der Waals surface area contributed by atoms with Crippen molar-refractivity contribution in [3.8, 4) is 0 Å². The maximum atomic E-state index is 14.1. The lowest BCUT2D eigenvalue weighted by Gasteiger charge is -2.26. The Balaban J connectivity index is 6.74. The minimum Gasteiger partial charge on any atom is -0.481 e. The summed E-state index contributed by atoms with van der Waals surface area (Å²) < 4.78 is 0. The molecule has 77 heavy (non-hydrogen) atoms. The van der Waals surface area contributed by atoms with Gasteiger partial charge < -0.3 is 104 Å². The van der Waals surface area contributed by atoms with Gasteiger partial charge in [0.05, 0.1) is 43.5 Å². The van der Waals surface area contributed by atoms with Gasteiger partial charge >= 0.3 is 17.9 Å². The van der Waals surface area contributed by atoms with E-state index in [1.807, 2.05) is 0 Å². The van der Waals surface area contributed by atoms with Crippen molar-refractivity contribution >= 4 is 77.5 Å². The second kappa shape index (κ2) is 37.3. The van der Waals surface area contributed by atoms with Crippen LogP contribution in [0.4, 0.5) is 0 Å². The van der Waals surface area contributed by atoms with Crippen LogP contribution < -0.4 is 37.6 Å². The van der Waals surface area contributed by atoms with E-state index >= 15 is 0 Å². The van der Waals surface area contributed by atoms with E-state index in [0.29, 0.717) is 0 Å². The number of carboxylic acid groups (broad SMARTS) is 3. The molecule has 0 spiro atoms. The number of nitrogens with one attached hydrogen (secondary N) is 6. The first-order valence-corrected chi connectivity index (χ1v) is 25.1. The van der Waals surface area contributed by atoms with Gasteiger partial charge in [0.1, 0.15) is 48.7 Å². The second-order valence-electron chi connectivity index (χ2n) is 18.2. The summed E-state index contributed by atoms with van der Waals surface area (Å²) in [6, 6.07) is -7.61. The van der Waals surface area contributed by atoms with Gasteiger partial charge in [-0.3, -0.25) is 47.9 Å². The SMILES string of the molecule is CC[C@H](CCC(=O)O)C(=O)N[C@H](CCC(=O)NC[C@H](O)[C@@H](O)[C@H](O)[C@H](O)CO)C(=O)C[C@H](CCC(=O)O)C(=O)N[C@H](CCC(=O)NC[C@H](O)[C@@H](O)[C@H](O)[C@H](O)CO)C(=O)CC[C@H](N)C(=O)N[C@@H](C)C(=O)N[C@@H](CS)C(=O)O. The Hall–Kier alpha value is -5.52. The first kappa shape index (κ1) is 71.5. The molecule has 15 atom stereocenters. The van der Waals surface area contributed by atoms with Crippen LogP contribution in [0, 0.1) is 11.8 Å². The van der Waals surface area contributed by atoms with Crippen LogP contribution in [-0.2, 0) is 52.7 Å². The molecule has 0 aromatic rings. The van der Waals surface area contributed by atoms with Crippen molar-refractivity contribution in [1.82, 2.24) is 31.9 Å². The molecule has 31 nitrogen and oxygen atoms in total. The monoisotopic (exact) mass is 1130 g/mol. The zero-order chi connectivity index (χ0) is 59.3. The van der Waals surface area contributed by atoms with Crippen LogP contribution in [0.25, 0.3) is 0 Å². The number of carbonyl (C=O) groups excluding carboxylic acids is 8. The molecule has 0 rings (SSSR count). The first-order chi connectivity index (χ1) is 35.9. The highest BCUT2D eigenvalue weighted by atomic mass is 32.1. The zero-order valence-electron chi connectivity index (χ0n) is 42.5. The minimum absolute atomic E-state index is 0.0760. The summed E-state index contributed by atoms with van der Waals surface area (Å²) in [6.45, 7) is -0.728. The summed E-state index contributed by atoms with van der Waals surface area (Å²) in [5.41, 5.74) is 5.99. The Bertz CT molecular complexity index is 1960. The summed E-state index contributed by atoms with van der Waals surface area (Å²) in [5.74, 6) is -14.7. The molecule has 442 valence electrons. The molecule has 0 heterocycles. The lowest BCUT2D eigenvalue weighted by molar-refractivity contribution is -0.141. The molecular weight excluding hydrogens is 1050 g/mol. The highest BCUT2D eigenvalue weighted by Gasteiger charge is 2.35. The van der Waals surface area contributed by atoms with Gasteiger partial charge in [-0.15, -0.1) is 0 Å². The van der Waals surface area contributed by atoms with Crippen LogP contribution in [0.1, 0.15) is 90.9 Å². The number of carbonyl (C=O) groups is 11. The summed E-state index contributed by atoms with van der Waals surface area (Å²) >= 11 is 3.84. The standard InChI is InChI=1S/C45H77N7O24S/c1-3-21(4-12-35(63)64)42(72)51-25(8-11-34(62)48-16-30(58)38(68)40(70)32(60)18-54)28(56)14-22(5-13-36(65)66)43(73)50-24(7-10-33(61)47-15-29(57)37(67)39(69)31(59)17-53)27(55)9-6-23(46)44(74)49-20(2)41(71)52-26(19-77)45(75)76/h20-26,29-32,37-40,53-54,57-60,67-70,77H,3-19,46H2,1-2H3,(H,47,61)(H,48,62)(H,49,74)(H,50,73)(H,51,72)(H,52,71)(H,63,64)(H,65,66)(H,75,76)/t20-,21+,22-,23-,24+,25+,26-,29-,30-,31+,32+,37+,38+,39+,40+/m0/s1. The number of carboxylic acids is 3. The third kappa shape index (κ3) is 27.6. The van der Waals surface area contributed by atoms with E-state index in [2.05, 4.69) is 44.5 Å². The number of aliphatic hydroxyl groups is 10. The van der Waals surface area contributed by atoms with Gasteiger partial charge in [-0.25, -0.2) is 4.79 Å². The Morgan fingerprint density at radius 2 is 0.883 bits per heavy atom. The van der Waals surface area contributed by atoms with Gasteiger partial charge in [0.2, 0.25) is 35.4 Å². The van der Waals surface area contributed by atoms with Crippen molar-refractivity contribution < 1.29 is 119 Å². The number of hydrogen-bond donors (Lipinski definition) is 21. The molecule has 21 N–H and O–H groups in total. The zero-order valence-corrected chi connectivity index (χ0v) is 43.4. The Morgan fingerprint density at radius 3 is 1.29 bits per heavy atom. The van der Waals surface area contributed by atoms with Crippen LogP contribution in [0.5, 0.6) is 0 Å². The highest BCUT2D eigenvalue weighted by Crippen LogP contribution is 2.19. The van der Waals surface area contributed by atoms with Crippen molar-refractivity contribution in [2.45, 2.75) is 170 Å². The molecule has 0 aliphatic heterocycles. The van der Waals surface area contributed by atoms with Gasteiger partial charge in [0.15, 0.2) is 11.6 Å². The van der Waals surface area contributed by atoms with Crippen LogP contribution in [0.3, 0.4) is 0 Å². The molecule has 0 unspecified atom stereocenters. The molecule has 0 fully saturated rings.